The number of methoxy groups -OCH3 is 1. The number of ether oxygens (including phenoxy) is 1. The number of hydrogen-bond donors (Lipinski definition) is 1. The van der Waals surface area contributed by atoms with Crippen LogP contribution in [0.1, 0.15) is 5.69 Å². The summed E-state index contributed by atoms with van der Waals surface area (Å²) in [5, 5.41) is 4.96. The van der Waals surface area contributed by atoms with E-state index >= 15 is 0 Å². The third-order valence-corrected chi connectivity index (χ3v) is 2.70. The predicted octanol–water partition coefficient (Wildman–Crippen LogP) is 0.338. The molecule has 16 heavy (non-hydrogen) atoms. The summed E-state index contributed by atoms with van der Waals surface area (Å²) in [6, 6.07) is 0. The Bertz CT molecular complexity index is 303. The number of carbonyl (C=O) groups excluding carboxylic acids is 1. The lowest BCUT2D eigenvalue weighted by atomic mass is 10.4. The summed E-state index contributed by atoms with van der Waals surface area (Å²) in [6.45, 7) is 2.20. The highest BCUT2D eigenvalue weighted by Crippen LogP contribution is 2.03. The minimum atomic E-state index is 0.0594. The van der Waals surface area contributed by atoms with Gasteiger partial charge in [-0.15, -0.1) is 11.3 Å². The van der Waals surface area contributed by atoms with E-state index in [-0.39, 0.29) is 5.91 Å². The maximum Gasteiger partial charge on any atom is 0.236 e. The highest BCUT2D eigenvalue weighted by atomic mass is 32.1. The standard InChI is InChI=1S/C10H17N3O2S/c1-13(6-9-7-16-8-12-9)10(14)5-11-3-4-15-2/h7-8,11H,3-6H2,1-2H3. The quantitative estimate of drug-likeness (QED) is 0.702. The van der Waals surface area contributed by atoms with E-state index in [1.165, 1.54) is 11.3 Å². The molecular weight excluding hydrogens is 226 g/mol. The van der Waals surface area contributed by atoms with Crippen molar-refractivity contribution in [2.45, 2.75) is 6.54 Å². The van der Waals surface area contributed by atoms with Crippen LogP contribution >= 0.6 is 11.3 Å². The second kappa shape index (κ2) is 7.32. The molecule has 0 spiro atoms. The molecule has 0 saturated carbocycles. The van der Waals surface area contributed by atoms with Crippen molar-refractivity contribution < 1.29 is 9.53 Å². The van der Waals surface area contributed by atoms with Crippen molar-refractivity contribution in [3.05, 3.63) is 16.6 Å². The normalized spacial score (nSPS) is 10.4. The minimum absolute atomic E-state index is 0.0594. The Morgan fingerprint density at radius 2 is 2.50 bits per heavy atom. The van der Waals surface area contributed by atoms with Crippen molar-refractivity contribution in [3.8, 4) is 0 Å². The largest absolute Gasteiger partial charge is 0.383 e. The molecule has 1 aromatic rings. The second-order valence-electron chi connectivity index (χ2n) is 3.40. The molecule has 1 amide bonds. The Morgan fingerprint density at radius 1 is 1.69 bits per heavy atom. The van der Waals surface area contributed by atoms with Gasteiger partial charge in [0.05, 0.1) is 30.9 Å². The molecule has 0 aliphatic heterocycles. The molecule has 0 bridgehead atoms. The molecule has 0 saturated heterocycles. The van der Waals surface area contributed by atoms with Gasteiger partial charge in [0.1, 0.15) is 0 Å². The van der Waals surface area contributed by atoms with Gasteiger partial charge in [-0.3, -0.25) is 4.79 Å². The SMILES string of the molecule is COCCNCC(=O)N(C)Cc1cscn1. The van der Waals surface area contributed by atoms with Gasteiger partial charge in [0, 0.05) is 26.1 Å². The number of aromatic nitrogens is 1. The van der Waals surface area contributed by atoms with E-state index in [2.05, 4.69) is 10.3 Å². The van der Waals surface area contributed by atoms with Crippen molar-refractivity contribution >= 4 is 17.2 Å². The molecule has 0 unspecified atom stereocenters. The van der Waals surface area contributed by atoms with E-state index < -0.39 is 0 Å². The van der Waals surface area contributed by atoms with Gasteiger partial charge in [-0.25, -0.2) is 4.98 Å². The Kier molecular flexibility index (Phi) is 5.99. The van der Waals surface area contributed by atoms with Gasteiger partial charge in [0.15, 0.2) is 0 Å². The summed E-state index contributed by atoms with van der Waals surface area (Å²) in [5.41, 5.74) is 2.70. The summed E-state index contributed by atoms with van der Waals surface area (Å²) in [6.07, 6.45) is 0. The van der Waals surface area contributed by atoms with E-state index in [1.54, 1.807) is 24.6 Å². The van der Waals surface area contributed by atoms with Crippen LogP contribution in [-0.2, 0) is 16.1 Å². The predicted molar refractivity (Wildman–Crippen MR) is 63.3 cm³/mol. The fourth-order valence-electron chi connectivity index (χ4n) is 1.15. The zero-order valence-electron chi connectivity index (χ0n) is 9.60. The molecule has 1 rings (SSSR count). The van der Waals surface area contributed by atoms with Gasteiger partial charge in [-0.05, 0) is 0 Å². The van der Waals surface area contributed by atoms with E-state index in [9.17, 15) is 4.79 Å². The minimum Gasteiger partial charge on any atom is -0.383 e. The van der Waals surface area contributed by atoms with E-state index in [0.717, 1.165) is 5.69 Å². The molecular formula is C10H17N3O2S. The lowest BCUT2D eigenvalue weighted by Crippen LogP contribution is -2.36. The zero-order chi connectivity index (χ0) is 11.8. The molecule has 5 nitrogen and oxygen atoms in total. The van der Waals surface area contributed by atoms with Crippen LogP contribution in [0, 0.1) is 0 Å². The topological polar surface area (TPSA) is 54.5 Å². The molecule has 1 N–H and O–H groups in total. The first-order chi connectivity index (χ1) is 7.74. The van der Waals surface area contributed by atoms with Crippen LogP contribution in [0.25, 0.3) is 0 Å². The van der Waals surface area contributed by atoms with Gasteiger partial charge in [0.2, 0.25) is 5.91 Å². The van der Waals surface area contributed by atoms with Crippen molar-refractivity contribution in [1.82, 2.24) is 15.2 Å². The van der Waals surface area contributed by atoms with Gasteiger partial charge < -0.3 is 15.0 Å². The maximum absolute atomic E-state index is 11.6. The average molecular weight is 243 g/mol. The van der Waals surface area contributed by atoms with Crippen LogP contribution in [0.15, 0.2) is 10.9 Å². The van der Waals surface area contributed by atoms with E-state index in [4.69, 9.17) is 4.74 Å². The van der Waals surface area contributed by atoms with Gasteiger partial charge in [-0.2, -0.15) is 0 Å². The van der Waals surface area contributed by atoms with Crippen molar-refractivity contribution in [1.29, 1.82) is 0 Å². The summed E-state index contributed by atoms with van der Waals surface area (Å²) < 4.78 is 4.87. The lowest BCUT2D eigenvalue weighted by Gasteiger charge is -2.16. The fourth-order valence-corrected chi connectivity index (χ4v) is 1.70. The first kappa shape index (κ1) is 13.1. The zero-order valence-corrected chi connectivity index (χ0v) is 10.4. The summed E-state index contributed by atoms with van der Waals surface area (Å²) in [4.78, 5) is 17.4. The van der Waals surface area contributed by atoms with Crippen molar-refractivity contribution in [2.75, 3.05) is 33.9 Å². The molecule has 0 radical (unpaired) electrons. The van der Waals surface area contributed by atoms with Crippen molar-refractivity contribution in [2.24, 2.45) is 0 Å². The van der Waals surface area contributed by atoms with Gasteiger partial charge >= 0.3 is 0 Å². The van der Waals surface area contributed by atoms with E-state index in [1.807, 2.05) is 5.38 Å². The maximum atomic E-state index is 11.6. The Hall–Kier alpha value is -0.980. The molecule has 0 aliphatic carbocycles. The molecule has 90 valence electrons. The highest BCUT2D eigenvalue weighted by molar-refractivity contribution is 7.07. The smallest absolute Gasteiger partial charge is 0.236 e. The molecule has 0 fully saturated rings. The third-order valence-electron chi connectivity index (χ3n) is 2.07. The molecule has 0 aromatic carbocycles. The number of thiazole rings is 1. The Morgan fingerprint density at radius 3 is 3.12 bits per heavy atom. The number of hydrogen-bond acceptors (Lipinski definition) is 5. The van der Waals surface area contributed by atoms with Crippen LogP contribution in [-0.4, -0.2) is 49.6 Å². The summed E-state index contributed by atoms with van der Waals surface area (Å²) >= 11 is 1.54. The molecule has 0 atom stereocenters. The highest BCUT2D eigenvalue weighted by Gasteiger charge is 2.09. The number of rotatable bonds is 7. The second-order valence-corrected chi connectivity index (χ2v) is 4.12. The Balaban J connectivity index is 2.20. The number of nitrogens with zero attached hydrogens (tertiary/aromatic N) is 2. The third kappa shape index (κ3) is 4.69. The van der Waals surface area contributed by atoms with Crippen molar-refractivity contribution in [3.63, 3.8) is 0 Å². The Labute approximate surface area is 99.4 Å². The molecule has 1 heterocycles. The molecule has 1 aromatic heterocycles. The van der Waals surface area contributed by atoms with Crippen LogP contribution in [0.5, 0.6) is 0 Å². The first-order valence-corrected chi connectivity index (χ1v) is 5.99. The summed E-state index contributed by atoms with van der Waals surface area (Å²) in [5.74, 6) is 0.0594. The number of likely N-dealkylation sites (N-methyl/N-ethyl adjacent to an activating group) is 1. The summed E-state index contributed by atoms with van der Waals surface area (Å²) in [7, 11) is 3.41. The van der Waals surface area contributed by atoms with Gasteiger partial charge in [0.25, 0.3) is 0 Å². The van der Waals surface area contributed by atoms with E-state index in [0.29, 0.717) is 26.2 Å². The van der Waals surface area contributed by atoms with Crippen LogP contribution in [0.4, 0.5) is 0 Å². The fraction of sp³-hybridized carbons (Fsp3) is 0.600. The number of nitrogens with one attached hydrogen (secondary N) is 1. The molecule has 0 aliphatic rings. The molecule has 6 heteroatoms. The number of amides is 1. The van der Waals surface area contributed by atoms with Gasteiger partial charge in [-0.1, -0.05) is 0 Å². The monoisotopic (exact) mass is 243 g/mol. The van der Waals surface area contributed by atoms with Crippen LogP contribution < -0.4 is 5.32 Å². The number of carbonyl (C=O) groups is 1. The van der Waals surface area contributed by atoms with Crippen LogP contribution in [0.3, 0.4) is 0 Å². The van der Waals surface area contributed by atoms with Crippen LogP contribution in [0.2, 0.25) is 0 Å². The first-order valence-electron chi connectivity index (χ1n) is 5.04. The lowest BCUT2D eigenvalue weighted by molar-refractivity contribution is -0.129. The average Bonchev–Trinajstić information content (AvgIpc) is 2.76.